The van der Waals surface area contributed by atoms with Crippen LogP contribution in [0.2, 0.25) is 0 Å². The molecule has 0 unspecified atom stereocenters. The summed E-state index contributed by atoms with van der Waals surface area (Å²) in [5.41, 5.74) is 4.16. The van der Waals surface area contributed by atoms with E-state index >= 15 is 0 Å². The molecule has 3 rings (SSSR count). The van der Waals surface area contributed by atoms with Gasteiger partial charge in [0.15, 0.2) is 5.76 Å². The number of aromatic nitrogens is 1. The van der Waals surface area contributed by atoms with Crippen LogP contribution in [0.4, 0.5) is 0 Å². The number of carbonyl (C=O) groups excluding carboxylic acids is 1. The molecular weight excluding hydrogens is 368 g/mol. The van der Waals surface area contributed by atoms with Crippen molar-refractivity contribution in [2.45, 2.75) is 65.2 Å². The minimum atomic E-state index is -3.76. The highest BCUT2D eigenvalue weighted by atomic mass is 32.2. The molecule has 1 aromatic heterocycles. The molecule has 0 saturated heterocycles. The quantitative estimate of drug-likeness (QED) is 0.716. The molecule has 150 valence electrons. The Hall–Kier alpha value is -1.74. The Morgan fingerprint density at radius 3 is 2.56 bits per heavy atom. The van der Waals surface area contributed by atoms with E-state index in [-0.39, 0.29) is 40.4 Å². The Bertz CT molecular complexity index is 868. The van der Waals surface area contributed by atoms with Crippen molar-refractivity contribution in [2.24, 2.45) is 21.8 Å². The van der Waals surface area contributed by atoms with Crippen LogP contribution in [0.25, 0.3) is 0 Å². The van der Waals surface area contributed by atoms with Gasteiger partial charge in [0.05, 0.1) is 0 Å². The summed E-state index contributed by atoms with van der Waals surface area (Å²) < 4.78 is 31.9. The van der Waals surface area contributed by atoms with Crippen molar-refractivity contribution in [1.82, 2.24) is 15.3 Å². The van der Waals surface area contributed by atoms with Crippen molar-refractivity contribution in [1.29, 1.82) is 0 Å². The van der Waals surface area contributed by atoms with Gasteiger partial charge < -0.3 is 4.52 Å². The van der Waals surface area contributed by atoms with E-state index < -0.39 is 10.0 Å². The van der Waals surface area contributed by atoms with Crippen LogP contribution in [-0.4, -0.2) is 31.7 Å². The molecule has 1 amide bonds. The van der Waals surface area contributed by atoms with Gasteiger partial charge in [-0.2, -0.15) is 5.10 Å². The molecule has 0 spiro atoms. The number of carbonyl (C=O) groups is 1. The number of sulfonamides is 1. The lowest BCUT2D eigenvalue weighted by Gasteiger charge is -2.34. The smallest absolute Gasteiger partial charge is 0.245 e. The topological polar surface area (TPSA) is 114 Å². The van der Waals surface area contributed by atoms with Crippen molar-refractivity contribution in [3.8, 4) is 0 Å². The Labute approximate surface area is 160 Å². The molecule has 2 fully saturated rings. The number of rotatable bonds is 6. The number of nitrogens with one attached hydrogen (secondary N) is 2. The summed E-state index contributed by atoms with van der Waals surface area (Å²) in [6.07, 6.45) is 3.22. The van der Waals surface area contributed by atoms with Crippen LogP contribution in [0, 0.1) is 30.6 Å². The van der Waals surface area contributed by atoms with Gasteiger partial charge in [0.25, 0.3) is 0 Å². The molecule has 8 nitrogen and oxygen atoms in total. The second kappa shape index (κ2) is 6.70. The molecule has 1 aromatic rings. The van der Waals surface area contributed by atoms with Crippen LogP contribution in [0.15, 0.2) is 14.5 Å². The van der Waals surface area contributed by atoms with E-state index in [1.165, 1.54) is 13.3 Å². The summed E-state index contributed by atoms with van der Waals surface area (Å²) in [5, 5.41) is 8.03. The first-order chi connectivity index (χ1) is 12.5. The first-order valence-corrected chi connectivity index (χ1v) is 10.8. The van der Waals surface area contributed by atoms with Crippen molar-refractivity contribution in [3.05, 3.63) is 11.5 Å². The monoisotopic (exact) mass is 396 g/mol. The zero-order valence-electron chi connectivity index (χ0n) is 16.5. The number of hydrogen-bond acceptors (Lipinski definition) is 6. The van der Waals surface area contributed by atoms with Crippen LogP contribution in [0.1, 0.15) is 57.9 Å². The number of amides is 1. The fourth-order valence-corrected chi connectivity index (χ4v) is 5.87. The third-order valence-corrected chi connectivity index (χ3v) is 8.41. The largest absolute Gasteiger partial charge is 0.360 e. The van der Waals surface area contributed by atoms with Gasteiger partial charge in [0.1, 0.15) is 10.6 Å². The zero-order chi connectivity index (χ0) is 20.0. The summed E-state index contributed by atoms with van der Waals surface area (Å²) in [5.74, 6) is 0.524. The summed E-state index contributed by atoms with van der Waals surface area (Å²) >= 11 is 0. The Morgan fingerprint density at radius 2 is 2.04 bits per heavy atom. The third kappa shape index (κ3) is 3.31. The van der Waals surface area contributed by atoms with Crippen LogP contribution in [0.3, 0.4) is 0 Å². The summed E-state index contributed by atoms with van der Waals surface area (Å²) in [4.78, 5) is 12.1. The Balaban J connectivity index is 1.54. The van der Waals surface area contributed by atoms with Crippen molar-refractivity contribution < 1.29 is 17.7 Å². The number of fused-ring (bicyclic) bond motifs is 2. The van der Waals surface area contributed by atoms with Crippen LogP contribution in [-0.2, 0) is 14.8 Å². The molecule has 2 aliphatic rings. The number of hydrogen-bond donors (Lipinski definition) is 2. The van der Waals surface area contributed by atoms with Crippen LogP contribution in [0.5, 0.6) is 0 Å². The first-order valence-electron chi connectivity index (χ1n) is 9.27. The SMILES string of the molecule is Cc1noc(C)c1S(=O)(=O)NCCC(=O)N/N=C1\C[C@H]2CC[C@@]1(C)C2(C)C. The molecular formula is C18H28N4O4S. The Kier molecular flexibility index (Phi) is 4.96. The van der Waals surface area contributed by atoms with Gasteiger partial charge in [-0.15, -0.1) is 0 Å². The maximum atomic E-state index is 12.3. The maximum absolute atomic E-state index is 12.3. The molecule has 0 aliphatic heterocycles. The maximum Gasteiger partial charge on any atom is 0.245 e. The highest BCUT2D eigenvalue weighted by molar-refractivity contribution is 7.89. The van der Waals surface area contributed by atoms with Crippen molar-refractivity contribution in [2.75, 3.05) is 6.54 Å². The highest BCUT2D eigenvalue weighted by Crippen LogP contribution is 2.63. The zero-order valence-corrected chi connectivity index (χ0v) is 17.4. The third-order valence-electron chi connectivity index (χ3n) is 6.71. The lowest BCUT2D eigenvalue weighted by atomic mass is 9.70. The molecule has 2 saturated carbocycles. The van der Waals surface area contributed by atoms with Gasteiger partial charge in [-0.1, -0.05) is 25.9 Å². The van der Waals surface area contributed by atoms with Crippen molar-refractivity contribution >= 4 is 21.6 Å². The predicted molar refractivity (Wildman–Crippen MR) is 101 cm³/mol. The average molecular weight is 397 g/mol. The highest BCUT2D eigenvalue weighted by Gasteiger charge is 2.60. The molecule has 9 heteroatoms. The number of hydrazone groups is 1. The van der Waals surface area contributed by atoms with Crippen LogP contribution >= 0.6 is 0 Å². The molecule has 2 aliphatic carbocycles. The molecule has 0 radical (unpaired) electrons. The second-order valence-electron chi connectivity index (χ2n) is 8.39. The fraction of sp³-hybridized carbons (Fsp3) is 0.722. The summed E-state index contributed by atoms with van der Waals surface area (Å²) in [6, 6.07) is 0. The van der Waals surface area contributed by atoms with E-state index in [0.29, 0.717) is 11.6 Å². The van der Waals surface area contributed by atoms with E-state index in [4.69, 9.17) is 4.52 Å². The van der Waals surface area contributed by atoms with E-state index in [1.807, 2.05) is 0 Å². The molecule has 27 heavy (non-hydrogen) atoms. The lowest BCUT2D eigenvalue weighted by Crippen LogP contribution is -2.35. The van der Waals surface area contributed by atoms with E-state index in [2.05, 4.69) is 41.2 Å². The van der Waals surface area contributed by atoms with Gasteiger partial charge in [-0.05, 0) is 44.4 Å². The van der Waals surface area contributed by atoms with Gasteiger partial charge in [-0.25, -0.2) is 18.6 Å². The summed E-state index contributed by atoms with van der Waals surface area (Å²) in [6.45, 7) is 9.86. The number of nitrogens with zero attached hydrogens (tertiary/aromatic N) is 2. The van der Waals surface area contributed by atoms with Crippen molar-refractivity contribution in [3.63, 3.8) is 0 Å². The fourth-order valence-electron chi connectivity index (χ4n) is 4.51. The molecule has 2 bridgehead atoms. The Morgan fingerprint density at radius 1 is 1.33 bits per heavy atom. The second-order valence-corrected chi connectivity index (χ2v) is 10.1. The molecule has 2 N–H and O–H groups in total. The van der Waals surface area contributed by atoms with Crippen LogP contribution < -0.4 is 10.1 Å². The van der Waals surface area contributed by atoms with E-state index in [9.17, 15) is 13.2 Å². The normalized spacial score (nSPS) is 28.0. The van der Waals surface area contributed by atoms with Gasteiger partial charge in [0, 0.05) is 24.1 Å². The van der Waals surface area contributed by atoms with E-state index in [1.54, 1.807) is 6.92 Å². The molecule has 1 heterocycles. The van der Waals surface area contributed by atoms with E-state index in [0.717, 1.165) is 18.6 Å². The average Bonchev–Trinajstić information content (AvgIpc) is 3.09. The lowest BCUT2D eigenvalue weighted by molar-refractivity contribution is -0.120. The van der Waals surface area contributed by atoms with Gasteiger partial charge in [0.2, 0.25) is 15.9 Å². The van der Waals surface area contributed by atoms with Gasteiger partial charge >= 0.3 is 0 Å². The minimum Gasteiger partial charge on any atom is -0.360 e. The standard InChI is InChI=1S/C18H28N4O4S/c1-11-16(12(2)26-22-11)27(24,25)19-9-7-15(23)21-20-14-10-13-6-8-18(14,5)17(13,3)4/h13,19H,6-10H2,1-5H3,(H,21,23)/b20-14+/t13-,18-/m1/s1. The predicted octanol–water partition coefficient (Wildman–Crippen LogP) is 2.28. The molecule has 2 atom stereocenters. The van der Waals surface area contributed by atoms with Gasteiger partial charge in [-0.3, -0.25) is 4.79 Å². The summed E-state index contributed by atoms with van der Waals surface area (Å²) in [7, 11) is -3.76. The minimum absolute atomic E-state index is 0.00290. The number of aryl methyl sites for hydroxylation is 2. The molecule has 0 aromatic carbocycles. The first kappa shape index (κ1) is 20.0.